The summed E-state index contributed by atoms with van der Waals surface area (Å²) in [6, 6.07) is 14.1. The van der Waals surface area contributed by atoms with Gasteiger partial charge in [-0.1, -0.05) is 30.3 Å². The maximum atomic E-state index is 12.5. The van der Waals surface area contributed by atoms with E-state index in [9.17, 15) is 4.79 Å². The van der Waals surface area contributed by atoms with E-state index in [1.165, 1.54) is 19.3 Å². The number of benzene rings is 1. The second kappa shape index (κ2) is 7.31. The molecular formula is C22H24N6O. The third-order valence-corrected chi connectivity index (χ3v) is 5.84. The second-order valence-corrected chi connectivity index (χ2v) is 7.77. The van der Waals surface area contributed by atoms with Crippen molar-refractivity contribution >= 4 is 17.5 Å². The molecule has 5 rings (SSSR count). The molecule has 148 valence electrons. The number of nitrogens with zero attached hydrogens (tertiary/aromatic N) is 5. The molecular weight excluding hydrogens is 364 g/mol. The highest BCUT2D eigenvalue weighted by Crippen LogP contribution is 2.39. The minimum absolute atomic E-state index is 0.00529. The van der Waals surface area contributed by atoms with E-state index in [-0.39, 0.29) is 11.8 Å². The molecule has 1 unspecified atom stereocenters. The normalized spacial score (nSPS) is 19.0. The quantitative estimate of drug-likeness (QED) is 0.744. The molecule has 7 heteroatoms. The van der Waals surface area contributed by atoms with Crippen molar-refractivity contribution in [3.8, 4) is 5.82 Å². The fraction of sp³-hybridized carbons (Fsp3) is 0.364. The van der Waals surface area contributed by atoms with E-state index in [0.717, 1.165) is 35.7 Å². The SMILES string of the molecule is Cc1nn(-c2ccc(N3CCCCC3)nn2)c2c1C(c1ccccc1)CC(=O)N2. The molecule has 0 saturated carbocycles. The first-order valence-electron chi connectivity index (χ1n) is 10.2. The van der Waals surface area contributed by atoms with Crippen LogP contribution in [0.1, 0.15) is 48.4 Å². The summed E-state index contributed by atoms with van der Waals surface area (Å²) in [6.45, 7) is 4.04. The van der Waals surface area contributed by atoms with Crippen molar-refractivity contribution in [1.82, 2.24) is 20.0 Å². The largest absolute Gasteiger partial charge is 0.355 e. The molecule has 0 spiro atoms. The maximum absolute atomic E-state index is 12.5. The fourth-order valence-corrected chi connectivity index (χ4v) is 4.41. The molecule has 1 aromatic carbocycles. The Morgan fingerprint density at radius 2 is 1.69 bits per heavy atom. The number of aromatic nitrogens is 4. The monoisotopic (exact) mass is 388 g/mol. The lowest BCUT2D eigenvalue weighted by atomic mass is 9.86. The number of rotatable bonds is 3. The van der Waals surface area contributed by atoms with Gasteiger partial charge < -0.3 is 10.2 Å². The minimum Gasteiger partial charge on any atom is -0.355 e. The van der Waals surface area contributed by atoms with Gasteiger partial charge in [-0.2, -0.15) is 9.78 Å². The molecule has 0 bridgehead atoms. The van der Waals surface area contributed by atoms with E-state index in [1.807, 2.05) is 37.3 Å². The van der Waals surface area contributed by atoms with E-state index >= 15 is 0 Å². The summed E-state index contributed by atoms with van der Waals surface area (Å²) in [5.74, 6) is 2.20. The molecule has 0 radical (unpaired) electrons. The predicted octanol–water partition coefficient (Wildman–Crippen LogP) is 3.44. The van der Waals surface area contributed by atoms with Crippen LogP contribution in [0.25, 0.3) is 5.82 Å². The Morgan fingerprint density at radius 1 is 0.966 bits per heavy atom. The number of fused-ring (bicyclic) bond motifs is 1. The highest BCUT2D eigenvalue weighted by molar-refractivity contribution is 5.95. The Bertz CT molecular complexity index is 1020. The number of aryl methyl sites for hydroxylation is 1. The molecule has 0 aliphatic carbocycles. The number of amides is 1. The Labute approximate surface area is 169 Å². The van der Waals surface area contributed by atoms with Crippen LogP contribution in [0.2, 0.25) is 0 Å². The average Bonchev–Trinajstić information content (AvgIpc) is 3.11. The number of hydrogen-bond acceptors (Lipinski definition) is 5. The Balaban J connectivity index is 1.52. The van der Waals surface area contributed by atoms with Crippen molar-refractivity contribution in [1.29, 1.82) is 0 Å². The third-order valence-electron chi connectivity index (χ3n) is 5.84. The molecule has 2 aliphatic rings. The minimum atomic E-state index is -0.00889. The molecule has 1 N–H and O–H groups in total. The average molecular weight is 388 g/mol. The highest BCUT2D eigenvalue weighted by Gasteiger charge is 2.32. The molecule has 4 heterocycles. The predicted molar refractivity (Wildman–Crippen MR) is 111 cm³/mol. The number of hydrogen-bond donors (Lipinski definition) is 1. The first-order valence-corrected chi connectivity index (χ1v) is 10.2. The summed E-state index contributed by atoms with van der Waals surface area (Å²) in [7, 11) is 0. The summed E-state index contributed by atoms with van der Waals surface area (Å²) in [5.41, 5.74) is 3.08. The van der Waals surface area contributed by atoms with Crippen LogP contribution in [0, 0.1) is 6.92 Å². The van der Waals surface area contributed by atoms with Gasteiger partial charge in [0, 0.05) is 31.0 Å². The van der Waals surface area contributed by atoms with Crippen molar-refractivity contribution in [3.63, 3.8) is 0 Å². The van der Waals surface area contributed by atoms with Gasteiger partial charge in [-0.3, -0.25) is 4.79 Å². The van der Waals surface area contributed by atoms with Crippen molar-refractivity contribution in [2.24, 2.45) is 0 Å². The van der Waals surface area contributed by atoms with Crippen molar-refractivity contribution in [2.75, 3.05) is 23.3 Å². The van der Waals surface area contributed by atoms with Gasteiger partial charge in [-0.25, -0.2) is 0 Å². The molecule has 29 heavy (non-hydrogen) atoms. The third kappa shape index (κ3) is 3.26. The Kier molecular flexibility index (Phi) is 4.50. The summed E-state index contributed by atoms with van der Waals surface area (Å²) < 4.78 is 1.71. The Hall–Kier alpha value is -3.22. The zero-order valence-electron chi connectivity index (χ0n) is 16.5. The van der Waals surface area contributed by atoms with Crippen LogP contribution in [0.4, 0.5) is 11.6 Å². The van der Waals surface area contributed by atoms with Crippen LogP contribution < -0.4 is 10.2 Å². The first-order chi connectivity index (χ1) is 14.2. The van der Waals surface area contributed by atoms with E-state index in [1.54, 1.807) is 4.68 Å². The number of carbonyl (C=O) groups excluding carboxylic acids is 1. The molecule has 7 nitrogen and oxygen atoms in total. The van der Waals surface area contributed by atoms with Gasteiger partial charge >= 0.3 is 0 Å². The van der Waals surface area contributed by atoms with E-state index in [2.05, 4.69) is 32.5 Å². The first kappa shape index (κ1) is 17.8. The van der Waals surface area contributed by atoms with Gasteiger partial charge in [0.15, 0.2) is 11.6 Å². The summed E-state index contributed by atoms with van der Waals surface area (Å²) in [4.78, 5) is 14.7. The maximum Gasteiger partial charge on any atom is 0.226 e. The van der Waals surface area contributed by atoms with Gasteiger partial charge in [0.25, 0.3) is 0 Å². The smallest absolute Gasteiger partial charge is 0.226 e. The molecule has 1 atom stereocenters. The zero-order chi connectivity index (χ0) is 19.8. The highest BCUT2D eigenvalue weighted by atomic mass is 16.1. The van der Waals surface area contributed by atoms with Gasteiger partial charge in [0.2, 0.25) is 5.91 Å². The lowest BCUT2D eigenvalue weighted by Crippen LogP contribution is -2.30. The molecule has 2 aromatic heterocycles. The van der Waals surface area contributed by atoms with Crippen LogP contribution in [0.15, 0.2) is 42.5 Å². The molecule has 2 aliphatic heterocycles. The van der Waals surface area contributed by atoms with Crippen LogP contribution in [0.3, 0.4) is 0 Å². The fourth-order valence-electron chi connectivity index (χ4n) is 4.41. The zero-order valence-corrected chi connectivity index (χ0v) is 16.5. The molecule has 3 aromatic rings. The summed E-state index contributed by atoms with van der Waals surface area (Å²) in [5, 5.41) is 16.6. The van der Waals surface area contributed by atoms with Crippen LogP contribution in [-0.2, 0) is 4.79 Å². The number of anilines is 2. The van der Waals surface area contributed by atoms with Crippen molar-refractivity contribution < 1.29 is 4.79 Å². The number of piperidine rings is 1. The van der Waals surface area contributed by atoms with Crippen LogP contribution in [-0.4, -0.2) is 39.0 Å². The van der Waals surface area contributed by atoms with Crippen molar-refractivity contribution in [2.45, 2.75) is 38.5 Å². The molecule has 1 saturated heterocycles. The Morgan fingerprint density at radius 3 is 2.41 bits per heavy atom. The summed E-state index contributed by atoms with van der Waals surface area (Å²) in [6.07, 6.45) is 4.09. The van der Waals surface area contributed by atoms with Gasteiger partial charge in [-0.05, 0) is 43.9 Å². The van der Waals surface area contributed by atoms with Crippen molar-refractivity contribution in [3.05, 3.63) is 59.3 Å². The lowest BCUT2D eigenvalue weighted by Gasteiger charge is -2.27. The lowest BCUT2D eigenvalue weighted by molar-refractivity contribution is -0.116. The van der Waals surface area contributed by atoms with E-state index in [0.29, 0.717) is 18.1 Å². The summed E-state index contributed by atoms with van der Waals surface area (Å²) >= 11 is 0. The van der Waals surface area contributed by atoms with Gasteiger partial charge in [0.05, 0.1) is 5.69 Å². The number of carbonyl (C=O) groups is 1. The van der Waals surface area contributed by atoms with E-state index < -0.39 is 0 Å². The van der Waals surface area contributed by atoms with Gasteiger partial charge in [-0.15, -0.1) is 10.2 Å². The second-order valence-electron chi connectivity index (χ2n) is 7.77. The van der Waals surface area contributed by atoms with Gasteiger partial charge in [0.1, 0.15) is 5.82 Å². The van der Waals surface area contributed by atoms with Crippen LogP contribution >= 0.6 is 0 Å². The topological polar surface area (TPSA) is 75.9 Å². The molecule has 1 fully saturated rings. The standard InChI is InChI=1S/C22H24N6O/c1-15-21-17(16-8-4-2-5-9-16)14-20(29)23-22(21)28(26-15)19-11-10-18(24-25-19)27-12-6-3-7-13-27/h2,4-5,8-11,17H,3,6-7,12-14H2,1H3,(H,23,29). The number of nitrogens with one attached hydrogen (secondary N) is 1. The van der Waals surface area contributed by atoms with Crippen LogP contribution in [0.5, 0.6) is 0 Å². The molecule has 1 amide bonds. The van der Waals surface area contributed by atoms with E-state index in [4.69, 9.17) is 5.10 Å².